The number of benzene rings is 9. The lowest BCUT2D eigenvalue weighted by atomic mass is 9.36. The molecule has 0 atom stereocenters. The minimum Gasteiger partial charge on any atom is -0.311 e. The molecule has 4 heteroatoms. The number of nitrogens with zero attached hydrogens (tertiary/aromatic N) is 2. The van der Waals surface area contributed by atoms with Crippen molar-refractivity contribution in [3.8, 4) is 33.4 Å². The van der Waals surface area contributed by atoms with Gasteiger partial charge in [-0.3, -0.25) is 0 Å². The van der Waals surface area contributed by atoms with Crippen molar-refractivity contribution < 1.29 is 0 Å². The zero-order valence-corrected chi connectivity index (χ0v) is 44.2. The van der Waals surface area contributed by atoms with Crippen LogP contribution in [-0.4, -0.2) is 6.71 Å². The van der Waals surface area contributed by atoms with Crippen LogP contribution in [0, 0.1) is 13.8 Å². The third-order valence-corrected chi connectivity index (χ3v) is 18.0. The predicted molar refractivity (Wildman–Crippen MR) is 314 cm³/mol. The maximum absolute atomic E-state index is 2.62. The standard InChI is InChI=1S/C69H59BN2S/c1-40(2)48-22-17-23-49(41(3)4)64(48)44-27-33-59-60(37-44)71(47-30-28-45(29-31-47)68(7,8)9)61-35-43(6)36-62-65(61)70(59)67-66(72(62)46-18-11-10-12-19-46)54-38-53-52-32-26-42(5)34-57(52)69(58(53)39-63(54)73-67)55-24-15-13-20-50(55)51-21-14-16-25-56(51)69/h10-41H,1-9H3. The summed E-state index contributed by atoms with van der Waals surface area (Å²) in [5.41, 5.74) is 30.0. The van der Waals surface area contributed by atoms with Gasteiger partial charge in [-0.25, -0.2) is 0 Å². The highest BCUT2D eigenvalue weighted by Crippen LogP contribution is 2.64. The highest BCUT2D eigenvalue weighted by molar-refractivity contribution is 7.33. The normalized spacial score (nSPS) is 14.4. The molecule has 0 saturated carbocycles. The molecule has 73 heavy (non-hydrogen) atoms. The number of fused-ring (bicyclic) bond motifs is 16. The second-order valence-electron chi connectivity index (χ2n) is 22.9. The lowest BCUT2D eigenvalue weighted by Crippen LogP contribution is -2.60. The van der Waals surface area contributed by atoms with Crippen molar-refractivity contribution in [1.29, 1.82) is 0 Å². The summed E-state index contributed by atoms with van der Waals surface area (Å²) in [5, 5.41) is 1.31. The van der Waals surface area contributed by atoms with E-state index >= 15 is 0 Å². The second kappa shape index (κ2) is 15.8. The Morgan fingerprint density at radius 2 is 1.10 bits per heavy atom. The average molecular weight is 959 g/mol. The minimum absolute atomic E-state index is 0.00342. The van der Waals surface area contributed by atoms with Gasteiger partial charge in [0.2, 0.25) is 0 Å². The lowest BCUT2D eigenvalue weighted by molar-refractivity contribution is 0.590. The van der Waals surface area contributed by atoms with Gasteiger partial charge >= 0.3 is 0 Å². The third kappa shape index (κ3) is 6.17. The summed E-state index contributed by atoms with van der Waals surface area (Å²) in [6.07, 6.45) is 0. The van der Waals surface area contributed by atoms with Crippen molar-refractivity contribution in [3.63, 3.8) is 0 Å². The predicted octanol–water partition coefficient (Wildman–Crippen LogP) is 17.2. The Balaban J connectivity index is 1.08. The molecule has 2 nitrogen and oxygen atoms in total. The van der Waals surface area contributed by atoms with Crippen LogP contribution in [0.2, 0.25) is 0 Å². The van der Waals surface area contributed by atoms with E-state index in [2.05, 4.69) is 254 Å². The molecule has 0 amide bonds. The Hall–Kier alpha value is -7.40. The van der Waals surface area contributed by atoms with Crippen LogP contribution in [0.15, 0.2) is 182 Å². The molecule has 2 aliphatic heterocycles. The fraction of sp³-hybridized carbons (Fsp3) is 0.188. The van der Waals surface area contributed by atoms with Gasteiger partial charge in [0, 0.05) is 43.3 Å². The quantitative estimate of drug-likeness (QED) is 0.159. The van der Waals surface area contributed by atoms with Gasteiger partial charge in [0.15, 0.2) is 0 Å². The van der Waals surface area contributed by atoms with Crippen molar-refractivity contribution in [2.24, 2.45) is 0 Å². The fourth-order valence-electron chi connectivity index (χ4n) is 13.6. The fourth-order valence-corrected chi connectivity index (χ4v) is 15.0. The summed E-state index contributed by atoms with van der Waals surface area (Å²) in [4.78, 5) is 5.23. The molecule has 0 bridgehead atoms. The van der Waals surface area contributed by atoms with Crippen molar-refractivity contribution in [2.45, 2.75) is 85.0 Å². The molecule has 9 aromatic carbocycles. The monoisotopic (exact) mass is 958 g/mol. The van der Waals surface area contributed by atoms with E-state index in [4.69, 9.17) is 0 Å². The Bertz CT molecular complexity index is 3870. The van der Waals surface area contributed by atoms with Crippen molar-refractivity contribution in [3.05, 3.63) is 232 Å². The van der Waals surface area contributed by atoms with E-state index in [0.29, 0.717) is 11.8 Å². The van der Waals surface area contributed by atoms with Crippen molar-refractivity contribution >= 4 is 78.0 Å². The Morgan fingerprint density at radius 1 is 0.493 bits per heavy atom. The maximum atomic E-state index is 2.62. The van der Waals surface area contributed by atoms with Crippen LogP contribution in [0.25, 0.3) is 43.5 Å². The maximum Gasteiger partial charge on any atom is 0.264 e. The molecule has 1 aromatic heterocycles. The van der Waals surface area contributed by atoms with Crippen LogP contribution in [0.5, 0.6) is 0 Å². The molecule has 0 N–H and O–H groups in total. The molecule has 3 heterocycles. The Labute approximate surface area is 435 Å². The van der Waals surface area contributed by atoms with E-state index in [9.17, 15) is 0 Å². The molecule has 1 spiro atoms. The van der Waals surface area contributed by atoms with Crippen LogP contribution in [0.3, 0.4) is 0 Å². The third-order valence-electron chi connectivity index (χ3n) is 16.8. The molecule has 354 valence electrons. The number of para-hydroxylation sites is 1. The van der Waals surface area contributed by atoms with Gasteiger partial charge in [0.1, 0.15) is 0 Å². The Morgan fingerprint density at radius 3 is 1.75 bits per heavy atom. The second-order valence-corrected chi connectivity index (χ2v) is 24.0. The first kappa shape index (κ1) is 44.3. The number of thiophene rings is 1. The van der Waals surface area contributed by atoms with Gasteiger partial charge in [-0.2, -0.15) is 0 Å². The molecule has 0 radical (unpaired) electrons. The highest BCUT2D eigenvalue weighted by Gasteiger charge is 2.53. The largest absolute Gasteiger partial charge is 0.311 e. The number of anilines is 6. The first-order valence-corrected chi connectivity index (χ1v) is 27.2. The zero-order valence-electron chi connectivity index (χ0n) is 43.4. The van der Waals surface area contributed by atoms with Crippen LogP contribution in [-0.2, 0) is 10.8 Å². The van der Waals surface area contributed by atoms with Gasteiger partial charge in [0.05, 0.1) is 11.1 Å². The molecule has 0 unspecified atom stereocenters. The van der Waals surface area contributed by atoms with E-state index in [1.807, 2.05) is 11.3 Å². The molecular formula is C69H59BN2S. The SMILES string of the molecule is Cc1cc2c3c(c1)N(c1ccccc1)c1c(sc4cc5c(cc14)-c1ccc(C)cc1C51c4ccccc4-c4ccccc41)B3c1ccc(-c3c(C(C)C)cccc3C(C)C)cc1N2c1ccc(C(C)(C)C)cc1. The highest BCUT2D eigenvalue weighted by atomic mass is 32.1. The molecule has 2 aliphatic carbocycles. The minimum atomic E-state index is -0.424. The smallest absolute Gasteiger partial charge is 0.264 e. The summed E-state index contributed by atoms with van der Waals surface area (Å²) >= 11 is 2.01. The zero-order chi connectivity index (χ0) is 49.8. The van der Waals surface area contributed by atoms with E-state index in [-0.39, 0.29) is 12.1 Å². The van der Waals surface area contributed by atoms with Crippen LogP contribution < -0.4 is 25.5 Å². The Kier molecular flexibility index (Phi) is 9.59. The molecular weight excluding hydrogens is 900 g/mol. The van der Waals surface area contributed by atoms with Gasteiger partial charge in [-0.1, -0.05) is 181 Å². The topological polar surface area (TPSA) is 6.48 Å². The first-order valence-electron chi connectivity index (χ1n) is 26.4. The van der Waals surface area contributed by atoms with Gasteiger partial charge < -0.3 is 9.80 Å². The van der Waals surface area contributed by atoms with Crippen LogP contribution in [0.1, 0.15) is 110 Å². The average Bonchev–Trinajstić information content (AvgIpc) is 4.01. The molecule has 4 aliphatic rings. The van der Waals surface area contributed by atoms with E-state index in [1.165, 1.54) is 143 Å². The molecule has 14 rings (SSSR count). The van der Waals surface area contributed by atoms with Gasteiger partial charge in [-0.05, 0) is 175 Å². The molecule has 10 aromatic rings. The van der Waals surface area contributed by atoms with Crippen LogP contribution in [0.4, 0.5) is 34.1 Å². The van der Waals surface area contributed by atoms with Crippen molar-refractivity contribution in [2.75, 3.05) is 9.80 Å². The summed E-state index contributed by atoms with van der Waals surface area (Å²) in [7, 11) is 0. The summed E-state index contributed by atoms with van der Waals surface area (Å²) in [5.74, 6) is 0.756. The lowest BCUT2D eigenvalue weighted by Gasteiger charge is -2.43. The number of hydrogen-bond acceptors (Lipinski definition) is 3. The summed E-state index contributed by atoms with van der Waals surface area (Å²) in [6.45, 7) is 20.9. The molecule has 0 saturated heterocycles. The van der Waals surface area contributed by atoms with E-state index in [1.54, 1.807) is 0 Å². The number of aryl methyl sites for hydroxylation is 2. The van der Waals surface area contributed by atoms with E-state index in [0.717, 1.165) is 0 Å². The molecule has 0 fully saturated rings. The van der Waals surface area contributed by atoms with Gasteiger partial charge in [0.25, 0.3) is 6.71 Å². The van der Waals surface area contributed by atoms with Crippen molar-refractivity contribution in [1.82, 2.24) is 0 Å². The van der Waals surface area contributed by atoms with Gasteiger partial charge in [-0.15, -0.1) is 11.3 Å². The summed E-state index contributed by atoms with van der Waals surface area (Å²) in [6, 6.07) is 70.8. The number of hydrogen-bond donors (Lipinski definition) is 0. The first-order chi connectivity index (χ1) is 35.3. The number of rotatable bonds is 5. The van der Waals surface area contributed by atoms with E-state index < -0.39 is 5.41 Å². The summed E-state index contributed by atoms with van der Waals surface area (Å²) < 4.78 is 2.72. The van der Waals surface area contributed by atoms with Crippen LogP contribution >= 0.6 is 11.3 Å².